The topological polar surface area (TPSA) is 44.4 Å². The second-order valence-corrected chi connectivity index (χ2v) is 7.56. The molecule has 0 saturated carbocycles. The van der Waals surface area contributed by atoms with Crippen LogP contribution in [-0.4, -0.2) is 25.5 Å². The maximum Gasteiger partial charge on any atom is 0.239 e. The van der Waals surface area contributed by atoms with Gasteiger partial charge in [-0.3, -0.25) is 4.79 Å². The molecule has 3 rings (SSSR count). The molecule has 0 bridgehead atoms. The van der Waals surface area contributed by atoms with E-state index in [1.165, 1.54) is 36.2 Å². The van der Waals surface area contributed by atoms with Gasteiger partial charge in [0, 0.05) is 18.0 Å². The number of carbonyl (C=O) groups excluding carboxylic acids is 1. The molecule has 1 fully saturated rings. The standard InChI is InChI=1S/C20H27N3OS/c1-16(19-11-8-14-25-19)22-20(24)15-21-17-9-4-5-10-18(17)23-12-6-2-3-7-13-23/h4-5,8-11,14,16,21H,2-3,6-7,12-13,15H2,1H3,(H,22,24)/t16-/m0/s1. The minimum Gasteiger partial charge on any atom is -0.374 e. The van der Waals surface area contributed by atoms with Crippen molar-refractivity contribution in [2.75, 3.05) is 29.9 Å². The van der Waals surface area contributed by atoms with Gasteiger partial charge >= 0.3 is 0 Å². The lowest BCUT2D eigenvalue weighted by Gasteiger charge is -2.25. The Bertz CT molecular complexity index is 663. The Morgan fingerprint density at radius 2 is 1.88 bits per heavy atom. The van der Waals surface area contributed by atoms with Gasteiger partial charge in [-0.2, -0.15) is 0 Å². The van der Waals surface area contributed by atoms with Crippen molar-refractivity contribution in [3.05, 3.63) is 46.7 Å². The largest absolute Gasteiger partial charge is 0.374 e. The van der Waals surface area contributed by atoms with E-state index in [0.29, 0.717) is 6.54 Å². The summed E-state index contributed by atoms with van der Waals surface area (Å²) in [4.78, 5) is 15.9. The Labute approximate surface area is 154 Å². The van der Waals surface area contributed by atoms with Crippen LogP contribution in [-0.2, 0) is 4.79 Å². The molecule has 1 atom stereocenters. The molecule has 2 heterocycles. The molecule has 1 aromatic carbocycles. The summed E-state index contributed by atoms with van der Waals surface area (Å²) in [5.74, 6) is 0.0200. The molecule has 25 heavy (non-hydrogen) atoms. The maximum absolute atomic E-state index is 12.3. The fourth-order valence-electron chi connectivity index (χ4n) is 3.29. The van der Waals surface area contributed by atoms with Crippen molar-refractivity contribution >= 4 is 28.6 Å². The molecule has 1 aliphatic heterocycles. The molecule has 0 aliphatic carbocycles. The van der Waals surface area contributed by atoms with E-state index in [1.807, 2.05) is 24.4 Å². The zero-order valence-electron chi connectivity index (χ0n) is 14.8. The number of rotatable bonds is 6. The van der Waals surface area contributed by atoms with Crippen LogP contribution in [0.3, 0.4) is 0 Å². The number of anilines is 2. The summed E-state index contributed by atoms with van der Waals surface area (Å²) in [6, 6.07) is 12.4. The molecule has 2 aromatic rings. The Morgan fingerprint density at radius 3 is 2.60 bits per heavy atom. The second kappa shape index (κ2) is 8.90. The number of nitrogens with zero attached hydrogens (tertiary/aromatic N) is 1. The van der Waals surface area contributed by atoms with Crippen LogP contribution in [0.25, 0.3) is 0 Å². The van der Waals surface area contributed by atoms with E-state index in [-0.39, 0.29) is 11.9 Å². The van der Waals surface area contributed by atoms with E-state index in [4.69, 9.17) is 0 Å². The van der Waals surface area contributed by atoms with Gasteiger partial charge in [-0.05, 0) is 43.3 Å². The van der Waals surface area contributed by atoms with Gasteiger partial charge in [-0.15, -0.1) is 11.3 Å². The number of nitrogens with one attached hydrogen (secondary N) is 2. The highest BCUT2D eigenvalue weighted by molar-refractivity contribution is 7.10. The highest BCUT2D eigenvalue weighted by Gasteiger charge is 2.14. The lowest BCUT2D eigenvalue weighted by Crippen LogP contribution is -2.32. The second-order valence-electron chi connectivity index (χ2n) is 6.58. The van der Waals surface area contributed by atoms with Gasteiger partial charge < -0.3 is 15.5 Å². The van der Waals surface area contributed by atoms with E-state index in [2.05, 4.69) is 39.8 Å². The van der Waals surface area contributed by atoms with Crippen LogP contribution in [0.1, 0.15) is 43.5 Å². The van der Waals surface area contributed by atoms with Gasteiger partial charge in [0.1, 0.15) is 0 Å². The van der Waals surface area contributed by atoms with Crippen LogP contribution in [0.2, 0.25) is 0 Å². The van der Waals surface area contributed by atoms with Crippen LogP contribution >= 0.6 is 11.3 Å². The number of hydrogen-bond donors (Lipinski definition) is 2. The van der Waals surface area contributed by atoms with Crippen LogP contribution in [0.5, 0.6) is 0 Å². The molecule has 0 spiro atoms. The number of thiophene rings is 1. The summed E-state index contributed by atoms with van der Waals surface area (Å²) in [5, 5.41) is 8.42. The molecule has 1 saturated heterocycles. The van der Waals surface area contributed by atoms with Gasteiger partial charge in [-0.25, -0.2) is 0 Å². The SMILES string of the molecule is C[C@H](NC(=O)CNc1ccccc1N1CCCCCC1)c1cccs1. The third kappa shape index (κ3) is 4.98. The minimum atomic E-state index is 0.0200. The van der Waals surface area contributed by atoms with Gasteiger partial charge in [-0.1, -0.05) is 31.0 Å². The summed E-state index contributed by atoms with van der Waals surface area (Å²) >= 11 is 1.67. The average Bonchev–Trinajstić information content (AvgIpc) is 3.03. The minimum absolute atomic E-state index is 0.0200. The van der Waals surface area contributed by atoms with Gasteiger partial charge in [0.15, 0.2) is 0 Å². The normalized spacial score (nSPS) is 16.1. The van der Waals surface area contributed by atoms with Gasteiger partial charge in [0.05, 0.1) is 24.0 Å². The first-order valence-electron chi connectivity index (χ1n) is 9.14. The Hall–Kier alpha value is -2.01. The van der Waals surface area contributed by atoms with Crippen molar-refractivity contribution in [3.8, 4) is 0 Å². The van der Waals surface area contributed by atoms with E-state index in [1.54, 1.807) is 11.3 Å². The number of para-hydroxylation sites is 2. The Kier molecular flexibility index (Phi) is 6.34. The van der Waals surface area contributed by atoms with Crippen LogP contribution in [0, 0.1) is 0 Å². The summed E-state index contributed by atoms with van der Waals surface area (Å²) in [6.07, 6.45) is 5.12. The van der Waals surface area contributed by atoms with Crippen molar-refractivity contribution in [2.24, 2.45) is 0 Å². The highest BCUT2D eigenvalue weighted by Crippen LogP contribution is 2.27. The molecule has 1 amide bonds. The molecule has 0 radical (unpaired) electrons. The number of benzene rings is 1. The predicted octanol–water partition coefficient (Wildman–Crippen LogP) is 4.42. The third-order valence-electron chi connectivity index (χ3n) is 4.64. The quantitative estimate of drug-likeness (QED) is 0.804. The molecular formula is C20H27N3OS. The Morgan fingerprint density at radius 1 is 1.12 bits per heavy atom. The van der Waals surface area contributed by atoms with Gasteiger partial charge in [0.25, 0.3) is 0 Å². The molecule has 1 aromatic heterocycles. The van der Waals surface area contributed by atoms with Crippen molar-refractivity contribution < 1.29 is 4.79 Å². The average molecular weight is 358 g/mol. The molecule has 5 heteroatoms. The third-order valence-corrected chi connectivity index (χ3v) is 5.69. The first kappa shape index (κ1) is 17.8. The van der Waals surface area contributed by atoms with Crippen LogP contribution in [0.4, 0.5) is 11.4 Å². The summed E-state index contributed by atoms with van der Waals surface area (Å²) in [5.41, 5.74) is 2.26. The lowest BCUT2D eigenvalue weighted by molar-refractivity contribution is -0.120. The fraction of sp³-hybridized carbons (Fsp3) is 0.450. The van der Waals surface area contributed by atoms with Crippen molar-refractivity contribution in [2.45, 2.75) is 38.6 Å². The first-order valence-corrected chi connectivity index (χ1v) is 10.0. The van der Waals surface area contributed by atoms with Crippen LogP contribution < -0.4 is 15.5 Å². The summed E-state index contributed by atoms with van der Waals surface area (Å²) in [6.45, 7) is 4.51. The van der Waals surface area contributed by atoms with Crippen molar-refractivity contribution in [1.82, 2.24) is 5.32 Å². The van der Waals surface area contributed by atoms with Gasteiger partial charge in [0.2, 0.25) is 5.91 Å². The van der Waals surface area contributed by atoms with E-state index >= 15 is 0 Å². The van der Waals surface area contributed by atoms with E-state index < -0.39 is 0 Å². The van der Waals surface area contributed by atoms with E-state index in [0.717, 1.165) is 18.8 Å². The molecule has 2 N–H and O–H groups in total. The molecule has 4 nitrogen and oxygen atoms in total. The predicted molar refractivity (Wildman–Crippen MR) is 106 cm³/mol. The summed E-state index contributed by atoms with van der Waals surface area (Å²) in [7, 11) is 0. The molecule has 134 valence electrons. The lowest BCUT2D eigenvalue weighted by atomic mass is 10.2. The maximum atomic E-state index is 12.3. The number of hydrogen-bond acceptors (Lipinski definition) is 4. The first-order chi connectivity index (χ1) is 12.2. The highest BCUT2D eigenvalue weighted by atomic mass is 32.1. The number of amides is 1. The van der Waals surface area contributed by atoms with E-state index in [9.17, 15) is 4.79 Å². The molecule has 1 aliphatic rings. The molecular weight excluding hydrogens is 330 g/mol. The molecule has 0 unspecified atom stereocenters. The summed E-state index contributed by atoms with van der Waals surface area (Å²) < 4.78 is 0. The fourth-order valence-corrected chi connectivity index (χ4v) is 4.02. The van der Waals surface area contributed by atoms with Crippen LogP contribution in [0.15, 0.2) is 41.8 Å². The zero-order chi connectivity index (χ0) is 17.5. The van der Waals surface area contributed by atoms with Crippen molar-refractivity contribution in [1.29, 1.82) is 0 Å². The number of carbonyl (C=O) groups is 1. The smallest absolute Gasteiger partial charge is 0.239 e. The monoisotopic (exact) mass is 357 g/mol. The zero-order valence-corrected chi connectivity index (χ0v) is 15.6. The Balaban J connectivity index is 1.58. The van der Waals surface area contributed by atoms with Crippen molar-refractivity contribution in [3.63, 3.8) is 0 Å².